The first-order valence-corrected chi connectivity index (χ1v) is 11.9. The van der Waals surface area contributed by atoms with Crippen molar-refractivity contribution in [3.05, 3.63) is 88.9 Å². The van der Waals surface area contributed by atoms with Crippen LogP contribution in [0.3, 0.4) is 0 Å². The van der Waals surface area contributed by atoms with Crippen LogP contribution in [0.2, 0.25) is 5.02 Å². The van der Waals surface area contributed by atoms with E-state index in [4.69, 9.17) is 16.3 Å². The van der Waals surface area contributed by atoms with E-state index in [0.717, 1.165) is 4.31 Å². The Morgan fingerprint density at radius 3 is 2.35 bits per heavy atom. The molecule has 1 N–H and O–H groups in total. The summed E-state index contributed by atoms with van der Waals surface area (Å²) in [6, 6.07) is 19.1. The van der Waals surface area contributed by atoms with Gasteiger partial charge >= 0.3 is 5.97 Å². The minimum Gasteiger partial charge on any atom is -0.427 e. The van der Waals surface area contributed by atoms with Crippen LogP contribution in [0.1, 0.15) is 18.1 Å². The smallest absolute Gasteiger partial charge is 0.308 e. The van der Waals surface area contributed by atoms with Gasteiger partial charge in [-0.15, -0.1) is 0 Å². The molecule has 0 radical (unpaired) electrons. The van der Waals surface area contributed by atoms with Gasteiger partial charge in [-0.1, -0.05) is 29.8 Å². The second kappa shape index (κ2) is 11.0. The first-order valence-electron chi connectivity index (χ1n) is 10.1. The van der Waals surface area contributed by atoms with Crippen molar-refractivity contribution in [3.63, 3.8) is 0 Å². The number of ether oxygens (including phenoxy) is 1. The lowest BCUT2D eigenvalue weighted by Gasteiger charge is -2.25. The number of nitrogens with one attached hydrogen (secondary N) is 1. The molecule has 10 heteroatoms. The Kier molecular flexibility index (Phi) is 8.04. The molecule has 3 rings (SSSR count). The van der Waals surface area contributed by atoms with Crippen LogP contribution >= 0.6 is 11.6 Å². The van der Waals surface area contributed by atoms with Gasteiger partial charge < -0.3 is 4.74 Å². The molecule has 34 heavy (non-hydrogen) atoms. The van der Waals surface area contributed by atoms with Crippen LogP contribution in [0.5, 0.6) is 5.75 Å². The molecule has 0 spiro atoms. The standard InChI is InChI=1S/C24H22ClN3O5S/c1-17-14-20(25)10-13-23(17)28(34(31,32)22-6-4-3-5-7-22)16-24(30)27-26-15-19-8-11-21(12-9-19)33-18(2)29/h3-15H,16H2,1-2H3,(H,27,30)/b26-15-. The Bertz CT molecular complexity index is 1310. The van der Waals surface area contributed by atoms with Gasteiger partial charge in [0.2, 0.25) is 0 Å². The molecule has 0 aliphatic rings. The van der Waals surface area contributed by atoms with Crippen LogP contribution < -0.4 is 14.5 Å². The highest BCUT2D eigenvalue weighted by Gasteiger charge is 2.28. The van der Waals surface area contributed by atoms with Crippen molar-refractivity contribution in [1.82, 2.24) is 5.43 Å². The number of carbonyl (C=O) groups excluding carboxylic acids is 2. The number of carbonyl (C=O) groups is 2. The van der Waals surface area contributed by atoms with Crippen molar-refractivity contribution >= 4 is 45.4 Å². The second-order valence-corrected chi connectivity index (χ2v) is 9.51. The summed E-state index contributed by atoms with van der Waals surface area (Å²) in [5.74, 6) is -0.685. The maximum Gasteiger partial charge on any atom is 0.308 e. The highest BCUT2D eigenvalue weighted by molar-refractivity contribution is 7.92. The number of hydrazone groups is 1. The van der Waals surface area contributed by atoms with E-state index < -0.39 is 28.4 Å². The normalized spacial score (nSPS) is 11.3. The van der Waals surface area contributed by atoms with E-state index in [0.29, 0.717) is 27.6 Å². The third-order valence-corrected chi connectivity index (χ3v) is 6.60. The third-order valence-electron chi connectivity index (χ3n) is 4.59. The number of amides is 1. The molecule has 1 amide bonds. The van der Waals surface area contributed by atoms with Gasteiger partial charge in [0.15, 0.2) is 0 Å². The molecule has 176 valence electrons. The molecule has 0 fully saturated rings. The van der Waals surface area contributed by atoms with Gasteiger partial charge in [-0.25, -0.2) is 13.8 Å². The molecule has 0 saturated carbocycles. The average Bonchev–Trinajstić information content (AvgIpc) is 2.79. The SMILES string of the molecule is CC(=O)Oc1ccc(/C=N\NC(=O)CN(c2ccc(Cl)cc2C)S(=O)(=O)c2ccccc2)cc1. The number of nitrogens with zero attached hydrogens (tertiary/aromatic N) is 2. The number of halogens is 1. The fraction of sp³-hybridized carbons (Fsp3) is 0.125. The Morgan fingerprint density at radius 1 is 1.06 bits per heavy atom. The molecule has 0 heterocycles. The summed E-state index contributed by atoms with van der Waals surface area (Å²) in [6.07, 6.45) is 1.39. The van der Waals surface area contributed by atoms with Crippen molar-refractivity contribution < 1.29 is 22.7 Å². The van der Waals surface area contributed by atoms with E-state index in [1.165, 1.54) is 25.3 Å². The van der Waals surface area contributed by atoms with E-state index in [1.54, 1.807) is 67.6 Å². The lowest BCUT2D eigenvalue weighted by molar-refractivity contribution is -0.131. The van der Waals surface area contributed by atoms with Gasteiger partial charge in [0.05, 0.1) is 16.8 Å². The van der Waals surface area contributed by atoms with Gasteiger partial charge in [-0.05, 0) is 72.6 Å². The molecule has 0 aliphatic carbocycles. The lowest BCUT2D eigenvalue weighted by Crippen LogP contribution is -2.40. The number of aryl methyl sites for hydroxylation is 1. The number of benzene rings is 3. The minimum absolute atomic E-state index is 0.0496. The highest BCUT2D eigenvalue weighted by Crippen LogP contribution is 2.28. The van der Waals surface area contributed by atoms with E-state index in [1.807, 2.05) is 0 Å². The Labute approximate surface area is 202 Å². The summed E-state index contributed by atoms with van der Waals surface area (Å²) in [6.45, 7) is 2.52. The van der Waals surface area contributed by atoms with Gasteiger partial charge in [0.25, 0.3) is 15.9 Å². The zero-order valence-electron chi connectivity index (χ0n) is 18.4. The van der Waals surface area contributed by atoms with Crippen molar-refractivity contribution in [2.24, 2.45) is 5.10 Å². The van der Waals surface area contributed by atoms with Crippen LogP contribution in [0, 0.1) is 6.92 Å². The first-order chi connectivity index (χ1) is 16.2. The number of rotatable bonds is 8. The van der Waals surface area contributed by atoms with Gasteiger partial charge in [-0.2, -0.15) is 5.10 Å². The van der Waals surface area contributed by atoms with Crippen LogP contribution in [0.15, 0.2) is 82.8 Å². The van der Waals surface area contributed by atoms with Crippen molar-refractivity contribution in [2.45, 2.75) is 18.7 Å². The van der Waals surface area contributed by atoms with E-state index in [2.05, 4.69) is 10.5 Å². The average molecular weight is 500 g/mol. The monoisotopic (exact) mass is 499 g/mol. The van der Waals surface area contributed by atoms with Gasteiger partial charge in [0, 0.05) is 11.9 Å². The van der Waals surface area contributed by atoms with Crippen molar-refractivity contribution in [2.75, 3.05) is 10.8 Å². The quantitative estimate of drug-likeness (QED) is 0.219. The number of hydrogen-bond acceptors (Lipinski definition) is 6. The summed E-state index contributed by atoms with van der Waals surface area (Å²) in [4.78, 5) is 23.7. The third kappa shape index (κ3) is 6.43. The lowest BCUT2D eigenvalue weighted by atomic mass is 10.2. The summed E-state index contributed by atoms with van der Waals surface area (Å²) >= 11 is 6.03. The molecular formula is C24H22ClN3O5S. The van der Waals surface area contributed by atoms with E-state index in [-0.39, 0.29) is 4.90 Å². The molecule has 0 aliphatic heterocycles. The topological polar surface area (TPSA) is 105 Å². The molecule has 3 aromatic carbocycles. The number of esters is 1. The van der Waals surface area contributed by atoms with E-state index >= 15 is 0 Å². The molecule has 0 aromatic heterocycles. The van der Waals surface area contributed by atoms with Crippen LogP contribution in [-0.2, 0) is 19.6 Å². The fourth-order valence-corrected chi connectivity index (χ4v) is 4.78. The summed E-state index contributed by atoms with van der Waals surface area (Å²) in [7, 11) is -4.04. The minimum atomic E-state index is -4.04. The summed E-state index contributed by atoms with van der Waals surface area (Å²) in [5.41, 5.74) is 3.90. The highest BCUT2D eigenvalue weighted by atomic mass is 35.5. The van der Waals surface area contributed by atoms with Crippen molar-refractivity contribution in [1.29, 1.82) is 0 Å². The zero-order chi connectivity index (χ0) is 24.7. The Morgan fingerprint density at radius 2 is 1.74 bits per heavy atom. The predicted molar refractivity (Wildman–Crippen MR) is 131 cm³/mol. The maximum atomic E-state index is 13.3. The molecule has 0 bridgehead atoms. The van der Waals surface area contributed by atoms with Gasteiger partial charge in [-0.3, -0.25) is 13.9 Å². The summed E-state index contributed by atoms with van der Waals surface area (Å²) < 4.78 is 32.7. The predicted octanol–water partition coefficient (Wildman–Crippen LogP) is 3.92. The molecule has 0 saturated heterocycles. The first kappa shape index (κ1) is 24.9. The number of anilines is 1. The molecule has 0 atom stereocenters. The van der Waals surface area contributed by atoms with Crippen LogP contribution in [0.4, 0.5) is 5.69 Å². The Hall–Kier alpha value is -3.69. The molecule has 0 unspecified atom stereocenters. The van der Waals surface area contributed by atoms with E-state index in [9.17, 15) is 18.0 Å². The van der Waals surface area contributed by atoms with Crippen LogP contribution in [0.25, 0.3) is 0 Å². The summed E-state index contributed by atoms with van der Waals surface area (Å²) in [5, 5.41) is 4.35. The van der Waals surface area contributed by atoms with Crippen molar-refractivity contribution in [3.8, 4) is 5.75 Å². The maximum absolute atomic E-state index is 13.3. The Balaban J connectivity index is 1.79. The van der Waals surface area contributed by atoms with Crippen LogP contribution in [-0.4, -0.2) is 33.1 Å². The molecular weight excluding hydrogens is 478 g/mol. The molecule has 8 nitrogen and oxygen atoms in total. The fourth-order valence-electron chi connectivity index (χ4n) is 3.05. The van der Waals surface area contributed by atoms with Gasteiger partial charge in [0.1, 0.15) is 12.3 Å². The largest absolute Gasteiger partial charge is 0.427 e. The number of sulfonamides is 1. The zero-order valence-corrected chi connectivity index (χ0v) is 20.0. The number of hydrogen-bond donors (Lipinski definition) is 1. The second-order valence-electron chi connectivity index (χ2n) is 7.21. The molecule has 3 aromatic rings.